The highest BCUT2D eigenvalue weighted by Crippen LogP contribution is 2.30. The van der Waals surface area contributed by atoms with Crippen molar-refractivity contribution in [2.24, 2.45) is 0 Å². The molecule has 150 valence electrons. The zero-order valence-corrected chi connectivity index (χ0v) is 17.2. The summed E-state index contributed by atoms with van der Waals surface area (Å²) in [5, 5.41) is 5.36. The highest BCUT2D eigenvalue weighted by atomic mass is 79.9. The van der Waals surface area contributed by atoms with Gasteiger partial charge in [0.1, 0.15) is 0 Å². The maximum atomic E-state index is 12.8. The number of rotatable bonds is 7. The molecule has 4 nitrogen and oxygen atoms in total. The van der Waals surface area contributed by atoms with Crippen LogP contribution in [0.15, 0.2) is 53.0 Å². The molecule has 0 aliphatic carbocycles. The molecule has 0 saturated carbocycles. The third kappa shape index (κ3) is 7.20. The molecule has 0 fully saturated rings. The Kier molecular flexibility index (Phi) is 7.94. The van der Waals surface area contributed by atoms with Crippen molar-refractivity contribution in [3.63, 3.8) is 0 Å². The van der Waals surface area contributed by atoms with E-state index < -0.39 is 17.8 Å². The second kappa shape index (κ2) is 9.97. The predicted octanol–water partition coefficient (Wildman–Crippen LogP) is 5.02. The fraction of sp³-hybridized carbons (Fsp3) is 0.263. The second-order valence-electron chi connectivity index (χ2n) is 5.96. The van der Waals surface area contributed by atoms with Crippen molar-refractivity contribution < 1.29 is 22.8 Å². The number of halogens is 4. The molecule has 2 N–H and O–H groups in total. The molecule has 0 aliphatic heterocycles. The fourth-order valence-electron chi connectivity index (χ4n) is 2.35. The van der Waals surface area contributed by atoms with Gasteiger partial charge in [-0.3, -0.25) is 9.59 Å². The molecule has 1 unspecified atom stereocenters. The van der Waals surface area contributed by atoms with E-state index in [2.05, 4.69) is 26.6 Å². The van der Waals surface area contributed by atoms with Crippen molar-refractivity contribution in [3.8, 4) is 0 Å². The summed E-state index contributed by atoms with van der Waals surface area (Å²) in [4.78, 5) is 23.9. The molecule has 0 saturated heterocycles. The Morgan fingerprint density at radius 3 is 2.43 bits per heavy atom. The molecule has 9 heteroatoms. The summed E-state index contributed by atoms with van der Waals surface area (Å²) in [6.45, 7) is 1.61. The lowest BCUT2D eigenvalue weighted by Crippen LogP contribution is -2.29. The third-order valence-corrected chi connectivity index (χ3v) is 5.09. The summed E-state index contributed by atoms with van der Waals surface area (Å²) in [5.74, 6) is -0.500. The maximum Gasteiger partial charge on any atom is 0.416 e. The van der Waals surface area contributed by atoms with Gasteiger partial charge >= 0.3 is 6.18 Å². The van der Waals surface area contributed by atoms with Crippen molar-refractivity contribution in [1.82, 2.24) is 5.32 Å². The largest absolute Gasteiger partial charge is 0.416 e. The highest BCUT2D eigenvalue weighted by Gasteiger charge is 2.30. The first-order valence-electron chi connectivity index (χ1n) is 8.25. The number of hydrogen-bond acceptors (Lipinski definition) is 3. The standard InChI is InChI=1S/C19H18BrF3N2O2S/c1-12(13-4-2-5-14(8-13)19(21,22)23)24-17(26)10-28-11-18(27)25-16-7-3-6-15(20)9-16/h2-9,12H,10-11H2,1H3,(H,24,26)(H,25,27). The van der Waals surface area contributed by atoms with Gasteiger partial charge in [0.05, 0.1) is 23.1 Å². The molecule has 0 heterocycles. The van der Waals surface area contributed by atoms with Crippen LogP contribution in [-0.2, 0) is 15.8 Å². The minimum absolute atomic E-state index is 0.0230. The predicted molar refractivity (Wildman–Crippen MR) is 108 cm³/mol. The minimum atomic E-state index is -4.43. The van der Waals surface area contributed by atoms with Crippen molar-refractivity contribution in [2.75, 3.05) is 16.8 Å². The first-order chi connectivity index (χ1) is 13.1. The molecule has 2 amide bonds. The summed E-state index contributed by atoms with van der Waals surface area (Å²) < 4.78 is 39.2. The van der Waals surface area contributed by atoms with Gasteiger partial charge in [-0.1, -0.05) is 34.1 Å². The number of amides is 2. The van der Waals surface area contributed by atoms with Gasteiger partial charge < -0.3 is 10.6 Å². The molecular formula is C19H18BrF3N2O2S. The normalized spacial score (nSPS) is 12.3. The van der Waals surface area contributed by atoms with Crippen LogP contribution in [-0.4, -0.2) is 23.3 Å². The highest BCUT2D eigenvalue weighted by molar-refractivity contribution is 9.10. The molecule has 0 spiro atoms. The molecule has 2 aromatic rings. The van der Waals surface area contributed by atoms with E-state index in [4.69, 9.17) is 0 Å². The summed E-state index contributed by atoms with van der Waals surface area (Å²) in [6, 6.07) is 11.4. The maximum absolute atomic E-state index is 12.8. The van der Waals surface area contributed by atoms with E-state index in [-0.39, 0.29) is 23.3 Å². The van der Waals surface area contributed by atoms with Gasteiger partial charge in [-0.15, -0.1) is 11.8 Å². The Bertz CT molecular complexity index is 846. The Morgan fingerprint density at radius 2 is 1.75 bits per heavy atom. The van der Waals surface area contributed by atoms with E-state index in [0.29, 0.717) is 11.3 Å². The SMILES string of the molecule is CC(NC(=O)CSCC(=O)Nc1cccc(Br)c1)c1cccc(C(F)(F)F)c1. The van der Waals surface area contributed by atoms with Crippen LogP contribution in [0.3, 0.4) is 0 Å². The van der Waals surface area contributed by atoms with Gasteiger partial charge in [-0.25, -0.2) is 0 Å². The van der Waals surface area contributed by atoms with Gasteiger partial charge in [0.25, 0.3) is 0 Å². The van der Waals surface area contributed by atoms with E-state index in [1.807, 2.05) is 6.07 Å². The van der Waals surface area contributed by atoms with Gasteiger partial charge in [-0.05, 0) is 42.8 Å². The first kappa shape index (κ1) is 22.3. The Balaban J connectivity index is 1.78. The lowest BCUT2D eigenvalue weighted by Gasteiger charge is -2.16. The van der Waals surface area contributed by atoms with E-state index in [0.717, 1.165) is 28.4 Å². The van der Waals surface area contributed by atoms with Gasteiger partial charge in [0.15, 0.2) is 0 Å². The third-order valence-electron chi connectivity index (χ3n) is 3.67. The number of hydrogen-bond donors (Lipinski definition) is 2. The summed E-state index contributed by atoms with van der Waals surface area (Å²) in [5.41, 5.74) is 0.243. The molecule has 0 aromatic heterocycles. The van der Waals surface area contributed by atoms with Crippen molar-refractivity contribution >= 4 is 45.2 Å². The van der Waals surface area contributed by atoms with Crippen LogP contribution >= 0.6 is 27.7 Å². The fourth-order valence-corrected chi connectivity index (χ4v) is 3.38. The zero-order chi connectivity index (χ0) is 20.7. The number of benzene rings is 2. The van der Waals surface area contributed by atoms with E-state index in [1.165, 1.54) is 12.1 Å². The number of thioether (sulfide) groups is 1. The number of nitrogens with one attached hydrogen (secondary N) is 2. The van der Waals surface area contributed by atoms with Gasteiger partial charge in [0.2, 0.25) is 11.8 Å². The molecule has 2 rings (SSSR count). The van der Waals surface area contributed by atoms with Crippen LogP contribution in [0.4, 0.5) is 18.9 Å². The van der Waals surface area contributed by atoms with E-state index >= 15 is 0 Å². The molecule has 0 bridgehead atoms. The Labute approximate surface area is 173 Å². The van der Waals surface area contributed by atoms with Crippen molar-refractivity contribution in [3.05, 3.63) is 64.1 Å². The lowest BCUT2D eigenvalue weighted by molar-refractivity contribution is -0.137. The molecular weight excluding hydrogens is 457 g/mol. The smallest absolute Gasteiger partial charge is 0.349 e. The average molecular weight is 475 g/mol. The molecule has 1 atom stereocenters. The monoisotopic (exact) mass is 474 g/mol. The summed E-state index contributed by atoms with van der Waals surface area (Å²) in [6.07, 6.45) is -4.43. The Hall–Kier alpha value is -2.00. The molecule has 0 radical (unpaired) electrons. The quantitative estimate of drug-likeness (QED) is 0.592. The summed E-state index contributed by atoms with van der Waals surface area (Å²) in [7, 11) is 0. The lowest BCUT2D eigenvalue weighted by atomic mass is 10.0. The molecule has 28 heavy (non-hydrogen) atoms. The van der Waals surface area contributed by atoms with Crippen LogP contribution in [0.5, 0.6) is 0 Å². The minimum Gasteiger partial charge on any atom is -0.349 e. The molecule has 0 aliphatic rings. The number of carbonyl (C=O) groups excluding carboxylic acids is 2. The summed E-state index contributed by atoms with van der Waals surface area (Å²) >= 11 is 4.43. The number of carbonyl (C=O) groups is 2. The van der Waals surface area contributed by atoms with Crippen LogP contribution in [0.2, 0.25) is 0 Å². The average Bonchev–Trinajstić information content (AvgIpc) is 2.61. The number of alkyl halides is 3. The first-order valence-corrected chi connectivity index (χ1v) is 10.2. The second-order valence-corrected chi connectivity index (χ2v) is 7.87. The number of anilines is 1. The van der Waals surface area contributed by atoms with E-state index in [9.17, 15) is 22.8 Å². The molecule has 2 aromatic carbocycles. The van der Waals surface area contributed by atoms with Crippen LogP contribution in [0, 0.1) is 0 Å². The zero-order valence-electron chi connectivity index (χ0n) is 14.8. The van der Waals surface area contributed by atoms with E-state index in [1.54, 1.807) is 25.1 Å². The van der Waals surface area contributed by atoms with Gasteiger partial charge in [0, 0.05) is 10.2 Å². The van der Waals surface area contributed by atoms with Crippen molar-refractivity contribution in [2.45, 2.75) is 19.1 Å². The van der Waals surface area contributed by atoms with Crippen LogP contribution < -0.4 is 10.6 Å². The topological polar surface area (TPSA) is 58.2 Å². The van der Waals surface area contributed by atoms with Crippen LogP contribution in [0.1, 0.15) is 24.1 Å². The van der Waals surface area contributed by atoms with Crippen molar-refractivity contribution in [1.29, 1.82) is 0 Å². The van der Waals surface area contributed by atoms with Crippen LogP contribution in [0.25, 0.3) is 0 Å². The van der Waals surface area contributed by atoms with Gasteiger partial charge in [-0.2, -0.15) is 13.2 Å². The Morgan fingerprint density at radius 1 is 1.07 bits per heavy atom.